The van der Waals surface area contributed by atoms with Crippen molar-refractivity contribution in [2.75, 3.05) is 28.2 Å². The lowest BCUT2D eigenvalue weighted by Gasteiger charge is -2.29. The quantitative estimate of drug-likeness (QED) is 0.545. The molecule has 1 fully saturated rings. The molecule has 33 heavy (non-hydrogen) atoms. The van der Waals surface area contributed by atoms with E-state index in [2.05, 4.69) is 10.2 Å². The zero-order valence-corrected chi connectivity index (χ0v) is 18.8. The van der Waals surface area contributed by atoms with Gasteiger partial charge in [0.25, 0.3) is 11.8 Å². The van der Waals surface area contributed by atoms with Gasteiger partial charge < -0.3 is 10.2 Å². The van der Waals surface area contributed by atoms with Gasteiger partial charge in [-0.1, -0.05) is 42.5 Å². The molecule has 1 N–H and O–H groups in total. The molecule has 0 unspecified atom stereocenters. The summed E-state index contributed by atoms with van der Waals surface area (Å²) in [6.07, 6.45) is 3.67. The summed E-state index contributed by atoms with van der Waals surface area (Å²) >= 11 is 0. The second kappa shape index (κ2) is 8.94. The fourth-order valence-electron chi connectivity index (χ4n) is 4.58. The lowest BCUT2D eigenvalue weighted by Crippen LogP contribution is -2.32. The van der Waals surface area contributed by atoms with Gasteiger partial charge in [0.1, 0.15) is 5.70 Å². The number of amides is 2. The van der Waals surface area contributed by atoms with Crippen molar-refractivity contribution in [1.29, 1.82) is 0 Å². The average Bonchev–Trinajstić information content (AvgIpc) is 3.09. The van der Waals surface area contributed by atoms with Crippen molar-refractivity contribution in [2.45, 2.75) is 26.2 Å². The minimum absolute atomic E-state index is 0.303. The lowest BCUT2D eigenvalue weighted by atomic mass is 10.0. The molecule has 5 nitrogen and oxygen atoms in total. The molecule has 5 rings (SSSR count). The Morgan fingerprint density at radius 1 is 0.727 bits per heavy atom. The molecule has 2 aliphatic heterocycles. The summed E-state index contributed by atoms with van der Waals surface area (Å²) in [5.41, 5.74) is 4.98. The molecule has 0 radical (unpaired) electrons. The number of piperidine rings is 1. The molecule has 2 amide bonds. The molecule has 0 aliphatic carbocycles. The van der Waals surface area contributed by atoms with Crippen LogP contribution in [0.1, 0.15) is 30.4 Å². The van der Waals surface area contributed by atoms with Crippen molar-refractivity contribution in [2.24, 2.45) is 0 Å². The second-order valence-corrected chi connectivity index (χ2v) is 8.62. The zero-order valence-electron chi connectivity index (χ0n) is 18.8. The van der Waals surface area contributed by atoms with Gasteiger partial charge in [-0.25, -0.2) is 4.90 Å². The number of benzene rings is 3. The Hall–Kier alpha value is -3.86. The van der Waals surface area contributed by atoms with E-state index in [1.54, 1.807) is 0 Å². The van der Waals surface area contributed by atoms with Gasteiger partial charge in [-0.2, -0.15) is 0 Å². The van der Waals surface area contributed by atoms with Crippen molar-refractivity contribution < 1.29 is 9.59 Å². The van der Waals surface area contributed by atoms with Crippen molar-refractivity contribution >= 4 is 34.4 Å². The number of nitrogens with zero attached hydrogens (tertiary/aromatic N) is 2. The van der Waals surface area contributed by atoms with Crippen molar-refractivity contribution in [1.82, 2.24) is 0 Å². The number of aryl methyl sites for hydroxylation is 1. The first-order chi connectivity index (χ1) is 16.1. The first-order valence-corrected chi connectivity index (χ1v) is 11.5. The Kier molecular flexibility index (Phi) is 5.69. The number of hydrogen-bond donors (Lipinski definition) is 1. The molecular formula is C28H27N3O2. The van der Waals surface area contributed by atoms with Crippen LogP contribution >= 0.6 is 0 Å². The third-order valence-electron chi connectivity index (χ3n) is 6.26. The van der Waals surface area contributed by atoms with E-state index in [1.807, 2.05) is 85.8 Å². The zero-order chi connectivity index (χ0) is 22.8. The number of carbonyl (C=O) groups is 2. The molecule has 0 aromatic heterocycles. The number of hydrogen-bond acceptors (Lipinski definition) is 4. The van der Waals surface area contributed by atoms with E-state index < -0.39 is 0 Å². The maximum absolute atomic E-state index is 13.6. The minimum atomic E-state index is -0.342. The van der Waals surface area contributed by atoms with E-state index in [0.29, 0.717) is 17.0 Å². The summed E-state index contributed by atoms with van der Waals surface area (Å²) in [7, 11) is 0. The molecule has 2 aliphatic rings. The largest absolute Gasteiger partial charge is 0.372 e. The number of rotatable bonds is 5. The smallest absolute Gasteiger partial charge is 0.282 e. The van der Waals surface area contributed by atoms with E-state index in [4.69, 9.17) is 0 Å². The highest BCUT2D eigenvalue weighted by Crippen LogP contribution is 2.34. The van der Waals surface area contributed by atoms with E-state index in [-0.39, 0.29) is 11.8 Å². The van der Waals surface area contributed by atoms with Crippen LogP contribution in [-0.2, 0) is 9.59 Å². The number of imide groups is 1. The highest BCUT2D eigenvalue weighted by atomic mass is 16.2. The van der Waals surface area contributed by atoms with Gasteiger partial charge in [0, 0.05) is 24.5 Å². The molecule has 166 valence electrons. The van der Waals surface area contributed by atoms with Gasteiger partial charge in [0.15, 0.2) is 0 Å². The van der Waals surface area contributed by atoms with Crippen molar-refractivity contribution in [3.05, 3.63) is 95.7 Å². The average molecular weight is 438 g/mol. The third-order valence-corrected chi connectivity index (χ3v) is 6.26. The van der Waals surface area contributed by atoms with Crippen LogP contribution in [0.15, 0.2) is 84.6 Å². The summed E-state index contributed by atoms with van der Waals surface area (Å²) in [6, 6.07) is 24.9. The first-order valence-electron chi connectivity index (χ1n) is 11.5. The first kappa shape index (κ1) is 21.0. The molecule has 0 spiro atoms. The molecule has 5 heteroatoms. The van der Waals surface area contributed by atoms with Gasteiger partial charge in [0.2, 0.25) is 0 Å². The van der Waals surface area contributed by atoms with Gasteiger partial charge >= 0.3 is 0 Å². The van der Waals surface area contributed by atoms with Crippen LogP contribution in [0.3, 0.4) is 0 Å². The van der Waals surface area contributed by atoms with E-state index in [9.17, 15) is 9.59 Å². The fraction of sp³-hybridized carbons (Fsp3) is 0.214. The minimum Gasteiger partial charge on any atom is -0.372 e. The predicted octanol–water partition coefficient (Wildman–Crippen LogP) is 5.38. The summed E-state index contributed by atoms with van der Waals surface area (Å²) in [6.45, 7) is 4.09. The van der Waals surface area contributed by atoms with Gasteiger partial charge in [0.05, 0.1) is 11.3 Å². The van der Waals surface area contributed by atoms with Crippen molar-refractivity contribution in [3.8, 4) is 0 Å². The van der Waals surface area contributed by atoms with E-state index in [0.717, 1.165) is 35.6 Å². The Balaban J connectivity index is 1.49. The molecule has 3 aromatic rings. The fourth-order valence-corrected chi connectivity index (χ4v) is 4.58. The Labute approximate surface area is 194 Å². The number of anilines is 3. The highest BCUT2D eigenvalue weighted by molar-refractivity contribution is 6.46. The molecule has 1 saturated heterocycles. The topological polar surface area (TPSA) is 52.7 Å². The van der Waals surface area contributed by atoms with E-state index >= 15 is 0 Å². The van der Waals surface area contributed by atoms with Crippen LogP contribution in [0.5, 0.6) is 0 Å². The van der Waals surface area contributed by atoms with Gasteiger partial charge in [-0.05, 0) is 73.7 Å². The van der Waals surface area contributed by atoms with Crippen molar-refractivity contribution in [3.63, 3.8) is 0 Å². The van der Waals surface area contributed by atoms with Crippen LogP contribution in [0.25, 0.3) is 5.57 Å². The molecule has 0 atom stereocenters. The predicted molar refractivity (Wildman–Crippen MR) is 133 cm³/mol. The van der Waals surface area contributed by atoms with E-state index in [1.165, 1.54) is 24.2 Å². The standard InChI is InChI=1S/C28H27N3O2/c1-20-9-8-12-22(19-20)29-26-25(21-10-4-2-5-11-21)27(32)31(28(26)33)24-15-13-23(14-16-24)30-17-6-3-7-18-30/h2,4-5,8-16,19,29H,3,6-7,17-18H2,1H3. The van der Waals surface area contributed by atoms with Gasteiger partial charge in [-0.3, -0.25) is 9.59 Å². The third kappa shape index (κ3) is 4.14. The second-order valence-electron chi connectivity index (χ2n) is 8.62. The SMILES string of the molecule is Cc1cccc(NC2=C(c3ccccc3)C(=O)N(c3ccc(N4CCCCC4)cc3)C2=O)c1. The number of nitrogens with one attached hydrogen (secondary N) is 1. The molecule has 0 bridgehead atoms. The monoisotopic (exact) mass is 437 g/mol. The van der Waals surface area contributed by atoms with Crippen LogP contribution in [0.2, 0.25) is 0 Å². The Bertz CT molecular complexity index is 1210. The summed E-state index contributed by atoms with van der Waals surface area (Å²) in [5.74, 6) is -0.654. The van der Waals surface area contributed by atoms with Crippen LogP contribution < -0.4 is 15.1 Å². The van der Waals surface area contributed by atoms with Gasteiger partial charge in [-0.15, -0.1) is 0 Å². The number of carbonyl (C=O) groups excluding carboxylic acids is 2. The summed E-state index contributed by atoms with van der Waals surface area (Å²) in [4.78, 5) is 30.8. The summed E-state index contributed by atoms with van der Waals surface area (Å²) in [5, 5.41) is 3.23. The lowest BCUT2D eigenvalue weighted by molar-refractivity contribution is -0.120. The highest BCUT2D eigenvalue weighted by Gasteiger charge is 2.40. The summed E-state index contributed by atoms with van der Waals surface area (Å²) < 4.78 is 0. The Morgan fingerprint density at radius 2 is 1.42 bits per heavy atom. The van der Waals surface area contributed by atoms with Crippen LogP contribution in [0, 0.1) is 6.92 Å². The normalized spacial score (nSPS) is 16.5. The molecule has 2 heterocycles. The maximum Gasteiger partial charge on any atom is 0.282 e. The van der Waals surface area contributed by atoms with Crippen LogP contribution in [0.4, 0.5) is 17.1 Å². The molecule has 3 aromatic carbocycles. The maximum atomic E-state index is 13.6. The Morgan fingerprint density at radius 3 is 2.12 bits per heavy atom. The molecule has 0 saturated carbocycles. The molecular weight excluding hydrogens is 410 g/mol. The van der Waals surface area contributed by atoms with Crippen LogP contribution in [-0.4, -0.2) is 24.9 Å².